The molecule has 0 saturated carbocycles. The van der Waals surface area contributed by atoms with Gasteiger partial charge in [-0.3, -0.25) is 4.79 Å². The number of hydrogen-bond donors (Lipinski definition) is 1. The Hall–Kier alpha value is -0.940. The predicted molar refractivity (Wildman–Crippen MR) is 62.3 cm³/mol. The van der Waals surface area contributed by atoms with Crippen LogP contribution in [0.2, 0.25) is 0 Å². The minimum atomic E-state index is -0.684. The molecule has 88 valence electrons. The van der Waals surface area contributed by atoms with Crippen LogP contribution in [0.4, 0.5) is 4.39 Å². The van der Waals surface area contributed by atoms with Gasteiger partial charge in [0.1, 0.15) is 5.82 Å². The molecule has 0 radical (unpaired) electrons. The number of rotatable bonds is 4. The van der Waals surface area contributed by atoms with Crippen molar-refractivity contribution in [2.75, 3.05) is 6.61 Å². The maximum absolute atomic E-state index is 13.4. The van der Waals surface area contributed by atoms with E-state index in [4.69, 9.17) is 10.5 Å². The van der Waals surface area contributed by atoms with Gasteiger partial charge in [0.15, 0.2) is 0 Å². The average molecular weight is 290 g/mol. The van der Waals surface area contributed by atoms with E-state index in [-0.39, 0.29) is 6.42 Å². The van der Waals surface area contributed by atoms with Crippen LogP contribution >= 0.6 is 15.9 Å². The molecule has 0 fully saturated rings. The summed E-state index contributed by atoms with van der Waals surface area (Å²) in [5.41, 5.74) is 6.04. The Bertz CT molecular complexity index is 384. The molecular weight excluding hydrogens is 277 g/mol. The van der Waals surface area contributed by atoms with E-state index < -0.39 is 17.8 Å². The zero-order valence-corrected chi connectivity index (χ0v) is 10.5. The van der Waals surface area contributed by atoms with Gasteiger partial charge in [-0.15, -0.1) is 0 Å². The molecule has 1 atom stereocenters. The lowest BCUT2D eigenvalue weighted by Gasteiger charge is -2.12. The van der Waals surface area contributed by atoms with Crippen molar-refractivity contribution in [1.82, 2.24) is 0 Å². The number of benzene rings is 1. The largest absolute Gasteiger partial charge is 0.466 e. The van der Waals surface area contributed by atoms with Gasteiger partial charge in [-0.05, 0) is 25.1 Å². The summed E-state index contributed by atoms with van der Waals surface area (Å²) in [4.78, 5) is 11.2. The third kappa shape index (κ3) is 3.57. The van der Waals surface area contributed by atoms with E-state index in [0.717, 1.165) is 4.47 Å². The Balaban J connectivity index is 2.76. The van der Waals surface area contributed by atoms with Crippen molar-refractivity contribution in [3.8, 4) is 0 Å². The summed E-state index contributed by atoms with van der Waals surface area (Å²) >= 11 is 3.22. The Morgan fingerprint density at radius 2 is 2.31 bits per heavy atom. The maximum Gasteiger partial charge on any atom is 0.307 e. The SMILES string of the molecule is CCOC(=O)CC(N)c1cc(Br)ccc1F. The van der Waals surface area contributed by atoms with Gasteiger partial charge >= 0.3 is 5.97 Å². The van der Waals surface area contributed by atoms with Gasteiger partial charge in [0.2, 0.25) is 0 Å². The molecule has 16 heavy (non-hydrogen) atoms. The molecule has 0 aliphatic heterocycles. The predicted octanol–water partition coefficient (Wildman–Crippen LogP) is 2.54. The van der Waals surface area contributed by atoms with Gasteiger partial charge in [0.25, 0.3) is 0 Å². The topological polar surface area (TPSA) is 52.3 Å². The summed E-state index contributed by atoms with van der Waals surface area (Å²) in [5, 5.41) is 0. The first kappa shape index (κ1) is 13.1. The summed E-state index contributed by atoms with van der Waals surface area (Å²) in [6.45, 7) is 2.01. The zero-order valence-electron chi connectivity index (χ0n) is 8.87. The molecule has 2 N–H and O–H groups in total. The first-order valence-corrected chi connectivity index (χ1v) is 5.70. The van der Waals surface area contributed by atoms with Crippen LogP contribution in [0.1, 0.15) is 24.9 Å². The van der Waals surface area contributed by atoms with Crippen LogP contribution in [0.25, 0.3) is 0 Å². The van der Waals surface area contributed by atoms with Crippen LogP contribution in [-0.2, 0) is 9.53 Å². The van der Waals surface area contributed by atoms with Crippen molar-refractivity contribution >= 4 is 21.9 Å². The van der Waals surface area contributed by atoms with Crippen molar-refractivity contribution in [2.24, 2.45) is 5.73 Å². The van der Waals surface area contributed by atoms with Crippen molar-refractivity contribution in [3.63, 3.8) is 0 Å². The molecule has 0 saturated heterocycles. The van der Waals surface area contributed by atoms with E-state index in [1.165, 1.54) is 6.07 Å². The van der Waals surface area contributed by atoms with Gasteiger partial charge in [-0.1, -0.05) is 15.9 Å². The van der Waals surface area contributed by atoms with Crippen LogP contribution in [0.15, 0.2) is 22.7 Å². The third-order valence-electron chi connectivity index (χ3n) is 2.05. The molecule has 0 bridgehead atoms. The van der Waals surface area contributed by atoms with Gasteiger partial charge in [-0.2, -0.15) is 0 Å². The maximum atomic E-state index is 13.4. The molecule has 0 aliphatic carbocycles. The first-order chi connectivity index (χ1) is 7.54. The standard InChI is InChI=1S/C11H13BrFNO2/c1-2-16-11(15)6-10(14)8-5-7(12)3-4-9(8)13/h3-5,10H,2,6,14H2,1H3. The molecule has 5 heteroatoms. The summed E-state index contributed by atoms with van der Waals surface area (Å²) < 4.78 is 18.9. The highest BCUT2D eigenvalue weighted by Gasteiger charge is 2.16. The lowest BCUT2D eigenvalue weighted by molar-refractivity contribution is -0.143. The van der Waals surface area contributed by atoms with E-state index in [2.05, 4.69) is 15.9 Å². The van der Waals surface area contributed by atoms with Crippen LogP contribution < -0.4 is 5.73 Å². The summed E-state index contributed by atoms with van der Waals surface area (Å²) in [5.74, 6) is -0.839. The second kappa shape index (κ2) is 5.96. The first-order valence-electron chi connectivity index (χ1n) is 4.90. The van der Waals surface area contributed by atoms with E-state index in [1.807, 2.05) is 0 Å². The summed E-state index contributed by atoms with van der Waals surface area (Å²) in [6, 6.07) is 3.77. The number of halogens is 2. The third-order valence-corrected chi connectivity index (χ3v) is 2.54. The molecule has 1 unspecified atom stereocenters. The molecule has 0 aliphatic rings. The highest BCUT2D eigenvalue weighted by molar-refractivity contribution is 9.10. The van der Waals surface area contributed by atoms with Gasteiger partial charge < -0.3 is 10.5 Å². The minimum absolute atomic E-state index is 0.0266. The number of nitrogens with two attached hydrogens (primary N) is 1. The average Bonchev–Trinajstić information content (AvgIpc) is 2.21. The molecule has 0 aromatic heterocycles. The van der Waals surface area contributed by atoms with E-state index in [0.29, 0.717) is 12.2 Å². The van der Waals surface area contributed by atoms with Crippen molar-refractivity contribution < 1.29 is 13.9 Å². The molecule has 0 spiro atoms. The Kier molecular flexibility index (Phi) is 4.89. The number of esters is 1. The van der Waals surface area contributed by atoms with Crippen LogP contribution in [-0.4, -0.2) is 12.6 Å². The smallest absolute Gasteiger partial charge is 0.307 e. The summed E-state index contributed by atoms with van der Waals surface area (Å²) in [6.07, 6.45) is -0.0266. The van der Waals surface area contributed by atoms with Crippen molar-refractivity contribution in [3.05, 3.63) is 34.1 Å². The Morgan fingerprint density at radius 1 is 1.62 bits per heavy atom. The highest BCUT2D eigenvalue weighted by Crippen LogP contribution is 2.22. The number of hydrogen-bond acceptors (Lipinski definition) is 3. The van der Waals surface area contributed by atoms with Crippen molar-refractivity contribution in [1.29, 1.82) is 0 Å². The summed E-state index contributed by atoms with van der Waals surface area (Å²) in [7, 11) is 0. The molecule has 0 heterocycles. The van der Waals surface area contributed by atoms with Gasteiger partial charge in [0.05, 0.1) is 13.0 Å². The van der Waals surface area contributed by atoms with E-state index in [1.54, 1.807) is 19.1 Å². The van der Waals surface area contributed by atoms with E-state index in [9.17, 15) is 9.18 Å². The van der Waals surface area contributed by atoms with Crippen molar-refractivity contribution in [2.45, 2.75) is 19.4 Å². The Morgan fingerprint density at radius 3 is 2.94 bits per heavy atom. The second-order valence-corrected chi connectivity index (χ2v) is 4.20. The fraction of sp³-hybridized carbons (Fsp3) is 0.364. The zero-order chi connectivity index (χ0) is 12.1. The number of carbonyl (C=O) groups is 1. The quantitative estimate of drug-likeness (QED) is 0.867. The molecule has 1 aromatic carbocycles. The molecule has 0 amide bonds. The number of carbonyl (C=O) groups excluding carboxylic acids is 1. The van der Waals surface area contributed by atoms with Crippen LogP contribution in [0.5, 0.6) is 0 Å². The number of ether oxygens (including phenoxy) is 1. The van der Waals surface area contributed by atoms with Gasteiger partial charge in [-0.25, -0.2) is 4.39 Å². The molecule has 3 nitrogen and oxygen atoms in total. The Labute approximate surface area is 102 Å². The fourth-order valence-corrected chi connectivity index (χ4v) is 1.69. The van der Waals surface area contributed by atoms with Gasteiger partial charge in [0, 0.05) is 16.1 Å². The lowest BCUT2D eigenvalue weighted by atomic mass is 10.0. The normalized spacial score (nSPS) is 12.2. The lowest BCUT2D eigenvalue weighted by Crippen LogP contribution is -2.18. The monoisotopic (exact) mass is 289 g/mol. The molecule has 1 aromatic rings. The second-order valence-electron chi connectivity index (χ2n) is 3.28. The molecule has 1 rings (SSSR count). The highest BCUT2D eigenvalue weighted by atomic mass is 79.9. The van der Waals surface area contributed by atoms with E-state index >= 15 is 0 Å². The molecular formula is C11H13BrFNO2. The minimum Gasteiger partial charge on any atom is -0.466 e. The fourth-order valence-electron chi connectivity index (χ4n) is 1.31. The van der Waals surface area contributed by atoms with Crippen LogP contribution in [0.3, 0.4) is 0 Å². The van der Waals surface area contributed by atoms with Crippen LogP contribution in [0, 0.1) is 5.82 Å².